The largest absolute Gasteiger partial charge is 0.344 e. The average molecular weight is 456 g/mol. The van der Waals surface area contributed by atoms with Gasteiger partial charge in [-0.05, 0) is 36.4 Å². The minimum Gasteiger partial charge on any atom is -0.344 e. The van der Waals surface area contributed by atoms with Crippen LogP contribution >= 0.6 is 11.3 Å². The van der Waals surface area contributed by atoms with E-state index in [0.717, 1.165) is 39.6 Å². The van der Waals surface area contributed by atoms with E-state index in [9.17, 15) is 9.59 Å². The highest BCUT2D eigenvalue weighted by molar-refractivity contribution is 7.21. The van der Waals surface area contributed by atoms with E-state index in [1.54, 1.807) is 17.5 Å². The molecule has 0 N–H and O–H groups in total. The molecule has 1 aliphatic rings. The fraction of sp³-hybridized carbons (Fsp3) is 0.200. The number of nitrogens with zero attached hydrogens (tertiary/aromatic N) is 5. The highest BCUT2D eigenvalue weighted by Crippen LogP contribution is 2.28. The summed E-state index contributed by atoms with van der Waals surface area (Å²) in [6.07, 6.45) is 1.78. The van der Waals surface area contributed by atoms with Crippen molar-refractivity contribution in [3.8, 4) is 0 Å². The van der Waals surface area contributed by atoms with Crippen LogP contribution < -0.4 is 10.3 Å². The van der Waals surface area contributed by atoms with Gasteiger partial charge in [0.25, 0.3) is 0 Å². The van der Waals surface area contributed by atoms with Gasteiger partial charge in [-0.3, -0.25) is 9.59 Å². The average Bonchev–Trinajstić information content (AvgIpc) is 3.31. The number of benzene rings is 2. The second kappa shape index (κ2) is 7.97. The number of carbonyl (C=O) groups is 1. The predicted octanol–water partition coefficient (Wildman–Crippen LogP) is 3.51. The SMILES string of the molecule is O=C(Cn1c2ccccc2c(=O)c2ccccc21)N1CCN(c2nc3cccnc3s2)CC1. The number of thiazole rings is 1. The van der Waals surface area contributed by atoms with E-state index in [4.69, 9.17) is 4.98 Å². The van der Waals surface area contributed by atoms with Crippen LogP contribution in [0.4, 0.5) is 5.13 Å². The van der Waals surface area contributed by atoms with Crippen LogP contribution in [0, 0.1) is 0 Å². The van der Waals surface area contributed by atoms with Crippen molar-refractivity contribution in [2.75, 3.05) is 31.1 Å². The van der Waals surface area contributed by atoms with Crippen molar-refractivity contribution in [1.82, 2.24) is 19.4 Å². The van der Waals surface area contributed by atoms with Crippen molar-refractivity contribution in [2.45, 2.75) is 6.54 Å². The molecule has 5 aromatic rings. The van der Waals surface area contributed by atoms with Crippen LogP contribution in [0.15, 0.2) is 71.7 Å². The maximum absolute atomic E-state index is 13.3. The monoisotopic (exact) mass is 455 g/mol. The third kappa shape index (κ3) is 3.43. The summed E-state index contributed by atoms with van der Waals surface area (Å²) in [6.45, 7) is 2.94. The molecule has 164 valence electrons. The van der Waals surface area contributed by atoms with Gasteiger partial charge in [0, 0.05) is 43.1 Å². The fourth-order valence-electron chi connectivity index (χ4n) is 4.52. The molecule has 8 heteroatoms. The first-order chi connectivity index (χ1) is 16.2. The van der Waals surface area contributed by atoms with Gasteiger partial charge in [0.15, 0.2) is 10.6 Å². The number of piperazine rings is 1. The van der Waals surface area contributed by atoms with E-state index in [0.29, 0.717) is 23.9 Å². The van der Waals surface area contributed by atoms with Crippen molar-refractivity contribution >= 4 is 54.5 Å². The summed E-state index contributed by atoms with van der Waals surface area (Å²) in [6, 6.07) is 18.9. The molecule has 2 aromatic carbocycles. The van der Waals surface area contributed by atoms with Crippen LogP contribution in [-0.2, 0) is 11.3 Å². The highest BCUT2D eigenvalue weighted by atomic mass is 32.1. The second-order valence-corrected chi connectivity index (χ2v) is 9.10. The van der Waals surface area contributed by atoms with Gasteiger partial charge in [0.05, 0.1) is 11.0 Å². The van der Waals surface area contributed by atoms with Crippen molar-refractivity contribution in [3.63, 3.8) is 0 Å². The van der Waals surface area contributed by atoms with Gasteiger partial charge < -0.3 is 14.4 Å². The lowest BCUT2D eigenvalue weighted by Crippen LogP contribution is -2.49. The van der Waals surface area contributed by atoms with Crippen LogP contribution in [0.25, 0.3) is 32.2 Å². The van der Waals surface area contributed by atoms with Crippen molar-refractivity contribution in [3.05, 3.63) is 77.1 Å². The van der Waals surface area contributed by atoms with Gasteiger partial charge in [-0.25, -0.2) is 9.97 Å². The summed E-state index contributed by atoms with van der Waals surface area (Å²) in [5.74, 6) is 0.0552. The maximum atomic E-state index is 13.3. The number of carbonyl (C=O) groups excluding carboxylic acids is 1. The van der Waals surface area contributed by atoms with Crippen molar-refractivity contribution in [2.24, 2.45) is 0 Å². The Morgan fingerprint density at radius 1 is 0.879 bits per heavy atom. The van der Waals surface area contributed by atoms with Crippen molar-refractivity contribution < 1.29 is 4.79 Å². The Balaban J connectivity index is 1.25. The van der Waals surface area contributed by atoms with E-state index in [1.807, 2.05) is 70.1 Å². The minimum atomic E-state index is 0.00355. The zero-order valence-corrected chi connectivity index (χ0v) is 18.7. The molecule has 1 saturated heterocycles. The van der Waals surface area contributed by atoms with Gasteiger partial charge in [0.1, 0.15) is 16.9 Å². The number of pyridine rings is 2. The van der Waals surface area contributed by atoms with E-state index < -0.39 is 0 Å². The number of fused-ring (bicyclic) bond motifs is 3. The van der Waals surface area contributed by atoms with E-state index in [2.05, 4.69) is 9.88 Å². The van der Waals surface area contributed by atoms with Gasteiger partial charge in [-0.15, -0.1) is 0 Å². The summed E-state index contributed by atoms with van der Waals surface area (Å²) in [5.41, 5.74) is 2.49. The summed E-state index contributed by atoms with van der Waals surface area (Å²) in [5, 5.41) is 2.23. The predicted molar refractivity (Wildman–Crippen MR) is 132 cm³/mol. The molecular formula is C25H21N5O2S. The zero-order chi connectivity index (χ0) is 22.4. The number of rotatable bonds is 3. The van der Waals surface area contributed by atoms with Crippen LogP contribution in [0.2, 0.25) is 0 Å². The molecule has 0 aliphatic carbocycles. The van der Waals surface area contributed by atoms with Gasteiger partial charge in [-0.2, -0.15) is 0 Å². The normalized spacial score (nSPS) is 14.4. The Kier molecular flexibility index (Phi) is 4.80. The summed E-state index contributed by atoms with van der Waals surface area (Å²) in [7, 11) is 0. The molecule has 0 saturated carbocycles. The number of amides is 1. The Morgan fingerprint density at radius 2 is 1.55 bits per heavy atom. The molecule has 0 atom stereocenters. The smallest absolute Gasteiger partial charge is 0.242 e. The Hall–Kier alpha value is -3.78. The Morgan fingerprint density at radius 3 is 2.21 bits per heavy atom. The van der Waals surface area contributed by atoms with E-state index >= 15 is 0 Å². The number of hydrogen-bond donors (Lipinski definition) is 0. The topological polar surface area (TPSA) is 71.3 Å². The summed E-state index contributed by atoms with van der Waals surface area (Å²) < 4.78 is 1.97. The molecule has 1 aliphatic heterocycles. The molecule has 7 nitrogen and oxygen atoms in total. The quantitative estimate of drug-likeness (QED) is 0.390. The van der Waals surface area contributed by atoms with Crippen molar-refractivity contribution in [1.29, 1.82) is 0 Å². The molecular weight excluding hydrogens is 434 g/mol. The molecule has 3 aromatic heterocycles. The molecule has 1 amide bonds. The molecule has 6 rings (SSSR count). The van der Waals surface area contributed by atoms with Crippen LogP contribution in [0.1, 0.15) is 0 Å². The number of anilines is 1. The first kappa shape index (κ1) is 19.9. The first-order valence-electron chi connectivity index (χ1n) is 10.9. The van der Waals surface area contributed by atoms with Gasteiger partial charge in [-0.1, -0.05) is 35.6 Å². The Bertz CT molecular complexity index is 1470. The zero-order valence-electron chi connectivity index (χ0n) is 17.8. The number of hydrogen-bond acceptors (Lipinski definition) is 6. The lowest BCUT2D eigenvalue weighted by Gasteiger charge is -2.34. The van der Waals surface area contributed by atoms with Gasteiger partial charge in [0.2, 0.25) is 5.91 Å². The Labute approximate surface area is 193 Å². The third-order valence-corrected chi connectivity index (χ3v) is 7.27. The van der Waals surface area contributed by atoms with Crippen LogP contribution in [0.5, 0.6) is 0 Å². The summed E-state index contributed by atoms with van der Waals surface area (Å²) in [4.78, 5) is 40.4. The van der Waals surface area contributed by atoms with E-state index in [-0.39, 0.29) is 17.9 Å². The standard InChI is InChI=1S/C25H21N5O2S/c31-22(28-12-14-29(15-13-28)25-27-19-8-5-11-26-24(19)33-25)16-30-20-9-3-1-6-17(20)23(32)18-7-2-4-10-21(18)30/h1-11H,12-16H2. The summed E-state index contributed by atoms with van der Waals surface area (Å²) >= 11 is 1.59. The second-order valence-electron chi connectivity index (χ2n) is 8.14. The molecule has 0 bridgehead atoms. The molecule has 4 heterocycles. The first-order valence-corrected chi connectivity index (χ1v) is 11.8. The molecule has 0 unspecified atom stereocenters. The fourth-order valence-corrected chi connectivity index (χ4v) is 5.48. The highest BCUT2D eigenvalue weighted by Gasteiger charge is 2.24. The minimum absolute atomic E-state index is 0.00355. The van der Waals surface area contributed by atoms with Gasteiger partial charge >= 0.3 is 0 Å². The molecule has 1 fully saturated rings. The van der Waals surface area contributed by atoms with E-state index in [1.165, 1.54) is 0 Å². The molecule has 0 spiro atoms. The lowest BCUT2D eigenvalue weighted by molar-refractivity contribution is -0.132. The number of para-hydroxylation sites is 2. The maximum Gasteiger partial charge on any atom is 0.242 e. The molecule has 33 heavy (non-hydrogen) atoms. The number of aromatic nitrogens is 3. The van der Waals surface area contributed by atoms with Crippen LogP contribution in [-0.4, -0.2) is 51.5 Å². The third-order valence-electron chi connectivity index (χ3n) is 6.23. The van der Waals surface area contributed by atoms with Crippen LogP contribution in [0.3, 0.4) is 0 Å². The lowest BCUT2D eigenvalue weighted by atomic mass is 10.1. The molecule has 0 radical (unpaired) electrons.